The van der Waals surface area contributed by atoms with E-state index in [1.807, 2.05) is 30.0 Å². The molecule has 0 aromatic heterocycles. The molecule has 1 fully saturated rings. The van der Waals surface area contributed by atoms with Crippen LogP contribution in [0.2, 0.25) is 0 Å². The molecule has 1 aliphatic heterocycles. The SMILES string of the molecule is CCOc1cc(C#N)ccc1OCC(=O)N1CCN(C)C[C@H]1c1ccccc1. The van der Waals surface area contributed by atoms with Crippen LogP contribution in [0.1, 0.15) is 24.1 Å². The van der Waals surface area contributed by atoms with Gasteiger partial charge in [-0.3, -0.25) is 4.79 Å². The predicted molar refractivity (Wildman–Crippen MR) is 106 cm³/mol. The molecule has 6 heteroatoms. The van der Waals surface area contributed by atoms with E-state index in [1.165, 1.54) is 0 Å². The Morgan fingerprint density at radius 3 is 2.64 bits per heavy atom. The van der Waals surface area contributed by atoms with Gasteiger partial charge in [-0.05, 0) is 31.7 Å². The lowest BCUT2D eigenvalue weighted by molar-refractivity contribution is -0.138. The number of hydrogen-bond donors (Lipinski definition) is 0. The monoisotopic (exact) mass is 379 g/mol. The molecule has 1 saturated heterocycles. The van der Waals surface area contributed by atoms with Crippen LogP contribution in [-0.2, 0) is 4.79 Å². The van der Waals surface area contributed by atoms with Gasteiger partial charge in [0.15, 0.2) is 18.1 Å². The van der Waals surface area contributed by atoms with Gasteiger partial charge in [0.25, 0.3) is 5.91 Å². The number of nitrogens with zero attached hydrogens (tertiary/aromatic N) is 3. The van der Waals surface area contributed by atoms with Gasteiger partial charge >= 0.3 is 0 Å². The maximum absolute atomic E-state index is 12.9. The first-order chi connectivity index (χ1) is 13.6. The molecule has 0 saturated carbocycles. The molecule has 0 unspecified atom stereocenters. The molecule has 1 heterocycles. The van der Waals surface area contributed by atoms with E-state index in [2.05, 4.69) is 30.1 Å². The van der Waals surface area contributed by atoms with E-state index in [1.54, 1.807) is 18.2 Å². The zero-order chi connectivity index (χ0) is 19.9. The van der Waals surface area contributed by atoms with Crippen LogP contribution in [-0.4, -0.2) is 55.6 Å². The van der Waals surface area contributed by atoms with Gasteiger partial charge in [0.1, 0.15) is 0 Å². The van der Waals surface area contributed by atoms with Crippen molar-refractivity contribution in [1.82, 2.24) is 9.80 Å². The first-order valence-electron chi connectivity index (χ1n) is 9.45. The maximum atomic E-state index is 12.9. The Bertz CT molecular complexity index is 848. The van der Waals surface area contributed by atoms with Crippen molar-refractivity contribution in [2.45, 2.75) is 13.0 Å². The third-order valence-corrected chi connectivity index (χ3v) is 4.81. The Balaban J connectivity index is 1.72. The highest BCUT2D eigenvalue weighted by Crippen LogP contribution is 2.29. The minimum atomic E-state index is -0.0704. The summed E-state index contributed by atoms with van der Waals surface area (Å²) in [6.07, 6.45) is 0. The second-order valence-electron chi connectivity index (χ2n) is 6.77. The smallest absolute Gasteiger partial charge is 0.261 e. The van der Waals surface area contributed by atoms with Crippen LogP contribution in [0.15, 0.2) is 48.5 Å². The topological polar surface area (TPSA) is 65.8 Å². The van der Waals surface area contributed by atoms with E-state index >= 15 is 0 Å². The third kappa shape index (κ3) is 4.62. The third-order valence-electron chi connectivity index (χ3n) is 4.81. The van der Waals surface area contributed by atoms with Crippen molar-refractivity contribution in [2.24, 2.45) is 0 Å². The van der Waals surface area contributed by atoms with Crippen molar-refractivity contribution < 1.29 is 14.3 Å². The number of hydrogen-bond acceptors (Lipinski definition) is 5. The van der Waals surface area contributed by atoms with Crippen LogP contribution in [0.5, 0.6) is 11.5 Å². The van der Waals surface area contributed by atoms with Crippen LogP contribution < -0.4 is 9.47 Å². The summed E-state index contributed by atoms with van der Waals surface area (Å²) < 4.78 is 11.3. The Labute approximate surface area is 165 Å². The summed E-state index contributed by atoms with van der Waals surface area (Å²) in [5.41, 5.74) is 1.61. The van der Waals surface area contributed by atoms with Gasteiger partial charge in [-0.25, -0.2) is 0 Å². The van der Waals surface area contributed by atoms with Crippen molar-refractivity contribution in [1.29, 1.82) is 5.26 Å². The largest absolute Gasteiger partial charge is 0.490 e. The highest BCUT2D eigenvalue weighted by atomic mass is 16.5. The number of carbonyl (C=O) groups excluding carboxylic acids is 1. The number of nitriles is 1. The Kier molecular flexibility index (Phi) is 6.51. The van der Waals surface area contributed by atoms with Crippen LogP contribution in [0.25, 0.3) is 0 Å². The molecule has 3 rings (SSSR count). The molecule has 6 nitrogen and oxygen atoms in total. The first-order valence-corrected chi connectivity index (χ1v) is 9.45. The zero-order valence-corrected chi connectivity index (χ0v) is 16.3. The van der Waals surface area contributed by atoms with Crippen LogP contribution >= 0.6 is 0 Å². The molecule has 146 valence electrons. The first kappa shape index (κ1) is 19.7. The number of rotatable bonds is 6. The molecule has 1 amide bonds. The number of amides is 1. The summed E-state index contributed by atoms with van der Waals surface area (Å²) in [6.45, 7) is 4.52. The minimum absolute atomic E-state index is 0.00313. The molecule has 2 aromatic rings. The quantitative estimate of drug-likeness (QED) is 0.772. The summed E-state index contributed by atoms with van der Waals surface area (Å²) in [7, 11) is 2.07. The number of benzene rings is 2. The predicted octanol–water partition coefficient (Wildman–Crippen LogP) is 2.85. The second kappa shape index (κ2) is 9.25. The molecule has 0 aliphatic carbocycles. The average Bonchev–Trinajstić information content (AvgIpc) is 2.73. The Hall–Kier alpha value is -3.04. The minimum Gasteiger partial charge on any atom is -0.490 e. The van der Waals surface area contributed by atoms with E-state index in [0.29, 0.717) is 30.2 Å². The Morgan fingerprint density at radius 1 is 1.14 bits per heavy atom. The van der Waals surface area contributed by atoms with Gasteiger partial charge in [-0.2, -0.15) is 5.26 Å². The molecule has 2 aromatic carbocycles. The van der Waals surface area contributed by atoms with Gasteiger partial charge in [0.05, 0.1) is 24.3 Å². The molecule has 28 heavy (non-hydrogen) atoms. The molecule has 0 bridgehead atoms. The maximum Gasteiger partial charge on any atom is 0.261 e. The fraction of sp³-hybridized carbons (Fsp3) is 0.364. The second-order valence-corrected chi connectivity index (χ2v) is 6.77. The molecular formula is C22H25N3O3. The molecule has 1 aliphatic rings. The summed E-state index contributed by atoms with van der Waals surface area (Å²) in [6, 6.07) is 17.1. The Morgan fingerprint density at radius 2 is 1.93 bits per heavy atom. The number of piperazine rings is 1. The summed E-state index contributed by atoms with van der Waals surface area (Å²) in [5.74, 6) is 0.890. The number of carbonyl (C=O) groups is 1. The number of ether oxygens (including phenoxy) is 2. The lowest BCUT2D eigenvalue weighted by Gasteiger charge is -2.40. The summed E-state index contributed by atoms with van der Waals surface area (Å²) in [5, 5.41) is 9.06. The highest BCUT2D eigenvalue weighted by Gasteiger charge is 2.30. The lowest BCUT2D eigenvalue weighted by Crippen LogP contribution is -2.50. The van der Waals surface area contributed by atoms with Crippen molar-refractivity contribution in [3.63, 3.8) is 0 Å². The fourth-order valence-corrected chi connectivity index (χ4v) is 3.37. The zero-order valence-electron chi connectivity index (χ0n) is 16.3. The standard InChI is InChI=1S/C22H25N3O3/c1-3-27-21-13-17(14-23)9-10-20(21)28-16-22(26)25-12-11-24(2)15-19(25)18-7-5-4-6-8-18/h4-10,13,19H,3,11-12,15-16H2,1-2H3/t19-/m0/s1. The molecule has 1 atom stereocenters. The molecule has 0 N–H and O–H groups in total. The van der Waals surface area contributed by atoms with E-state index in [9.17, 15) is 4.79 Å². The average molecular weight is 379 g/mol. The number of likely N-dealkylation sites (N-methyl/N-ethyl adjacent to an activating group) is 1. The van der Waals surface area contributed by atoms with Crippen molar-refractivity contribution >= 4 is 5.91 Å². The molecule has 0 radical (unpaired) electrons. The fourth-order valence-electron chi connectivity index (χ4n) is 3.37. The van der Waals surface area contributed by atoms with Gasteiger partial charge < -0.3 is 19.3 Å². The van der Waals surface area contributed by atoms with Gasteiger partial charge in [-0.1, -0.05) is 30.3 Å². The van der Waals surface area contributed by atoms with E-state index in [0.717, 1.165) is 18.7 Å². The summed E-state index contributed by atoms with van der Waals surface area (Å²) >= 11 is 0. The van der Waals surface area contributed by atoms with Crippen molar-refractivity contribution in [3.05, 3.63) is 59.7 Å². The van der Waals surface area contributed by atoms with Crippen LogP contribution in [0.4, 0.5) is 0 Å². The highest BCUT2D eigenvalue weighted by molar-refractivity contribution is 5.78. The van der Waals surface area contributed by atoms with Crippen molar-refractivity contribution in [2.75, 3.05) is 39.9 Å². The lowest BCUT2D eigenvalue weighted by atomic mass is 10.0. The van der Waals surface area contributed by atoms with Crippen molar-refractivity contribution in [3.8, 4) is 17.6 Å². The van der Waals surface area contributed by atoms with E-state index < -0.39 is 0 Å². The van der Waals surface area contributed by atoms with Crippen LogP contribution in [0.3, 0.4) is 0 Å². The normalized spacial score (nSPS) is 17.0. The van der Waals surface area contributed by atoms with Crippen LogP contribution in [0, 0.1) is 11.3 Å². The van der Waals surface area contributed by atoms with Gasteiger partial charge in [0, 0.05) is 25.7 Å². The van der Waals surface area contributed by atoms with Gasteiger partial charge in [-0.15, -0.1) is 0 Å². The van der Waals surface area contributed by atoms with Gasteiger partial charge in [0.2, 0.25) is 0 Å². The molecule has 0 spiro atoms. The van der Waals surface area contributed by atoms with E-state index in [4.69, 9.17) is 14.7 Å². The van der Waals surface area contributed by atoms with E-state index in [-0.39, 0.29) is 18.6 Å². The molecular weight excluding hydrogens is 354 g/mol. The summed E-state index contributed by atoms with van der Waals surface area (Å²) in [4.78, 5) is 17.1.